The Balaban J connectivity index is 1.52. The van der Waals surface area contributed by atoms with E-state index in [1.807, 2.05) is 32.9 Å². The molecular weight excluding hydrogens is 402 g/mol. The van der Waals surface area contributed by atoms with Gasteiger partial charge in [0.2, 0.25) is 11.8 Å². The van der Waals surface area contributed by atoms with Crippen molar-refractivity contribution in [3.05, 3.63) is 59.2 Å². The van der Waals surface area contributed by atoms with E-state index in [9.17, 15) is 9.59 Å². The van der Waals surface area contributed by atoms with Gasteiger partial charge >= 0.3 is 5.97 Å². The van der Waals surface area contributed by atoms with E-state index in [2.05, 4.69) is 21.6 Å². The highest BCUT2D eigenvalue weighted by Crippen LogP contribution is 2.25. The second kappa shape index (κ2) is 10.1. The number of hydrogen-bond donors (Lipinski definition) is 1. The van der Waals surface area contributed by atoms with Crippen LogP contribution in [-0.4, -0.2) is 34.4 Å². The molecule has 1 amide bonds. The van der Waals surface area contributed by atoms with E-state index in [-0.39, 0.29) is 17.6 Å². The predicted octanol–water partition coefficient (Wildman–Crippen LogP) is 4.65. The molecule has 3 rings (SSSR count). The Hall–Kier alpha value is -3.13. The summed E-state index contributed by atoms with van der Waals surface area (Å²) in [6.45, 7) is 6.33. The Labute approximate surface area is 179 Å². The Kier molecular flexibility index (Phi) is 7.24. The zero-order chi connectivity index (χ0) is 21.5. The SMILES string of the molecule is CCCOC(=O)c1ccc(NC(=O)CSc2nnc(-c3cc(C)cc(C)c3)o2)cc1. The van der Waals surface area contributed by atoms with Crippen LogP contribution in [0.25, 0.3) is 11.5 Å². The van der Waals surface area contributed by atoms with Crippen molar-refractivity contribution in [1.29, 1.82) is 0 Å². The van der Waals surface area contributed by atoms with Crippen LogP contribution in [0.4, 0.5) is 5.69 Å². The van der Waals surface area contributed by atoms with Crippen LogP contribution in [0, 0.1) is 13.8 Å². The Morgan fingerprint density at radius 1 is 1.07 bits per heavy atom. The molecule has 0 aliphatic heterocycles. The molecule has 0 aliphatic carbocycles. The maximum atomic E-state index is 12.2. The third-order valence-corrected chi connectivity index (χ3v) is 4.86. The van der Waals surface area contributed by atoms with Crippen molar-refractivity contribution in [2.75, 3.05) is 17.7 Å². The molecule has 0 aliphatic rings. The minimum atomic E-state index is -0.374. The lowest BCUT2D eigenvalue weighted by Crippen LogP contribution is -2.14. The highest BCUT2D eigenvalue weighted by atomic mass is 32.2. The molecule has 2 aromatic carbocycles. The summed E-state index contributed by atoms with van der Waals surface area (Å²) in [5, 5.41) is 11.2. The maximum Gasteiger partial charge on any atom is 0.338 e. The zero-order valence-electron chi connectivity index (χ0n) is 17.1. The van der Waals surface area contributed by atoms with Crippen LogP contribution in [-0.2, 0) is 9.53 Å². The number of carbonyl (C=O) groups excluding carboxylic acids is 2. The molecular formula is C22H23N3O4S. The molecule has 8 heteroatoms. The third kappa shape index (κ3) is 5.93. The monoisotopic (exact) mass is 425 g/mol. The second-order valence-electron chi connectivity index (χ2n) is 6.80. The number of thioether (sulfide) groups is 1. The number of nitrogens with one attached hydrogen (secondary N) is 1. The van der Waals surface area contributed by atoms with E-state index < -0.39 is 0 Å². The number of hydrogen-bond acceptors (Lipinski definition) is 7. The van der Waals surface area contributed by atoms with Crippen molar-refractivity contribution in [3.8, 4) is 11.5 Å². The summed E-state index contributed by atoms with van der Waals surface area (Å²) in [5.41, 5.74) is 4.12. The number of aromatic nitrogens is 2. The van der Waals surface area contributed by atoms with Gasteiger partial charge in [-0.1, -0.05) is 35.9 Å². The van der Waals surface area contributed by atoms with Crippen LogP contribution in [0.15, 0.2) is 52.1 Å². The molecule has 1 aromatic heterocycles. The van der Waals surface area contributed by atoms with Crippen molar-refractivity contribution in [1.82, 2.24) is 10.2 Å². The van der Waals surface area contributed by atoms with E-state index in [0.717, 1.165) is 34.9 Å². The molecule has 0 radical (unpaired) electrons. The standard InChI is InChI=1S/C22H23N3O4S/c1-4-9-28-21(27)16-5-7-18(8-6-16)23-19(26)13-30-22-25-24-20(29-22)17-11-14(2)10-15(3)12-17/h5-8,10-12H,4,9,13H2,1-3H3,(H,23,26). The molecule has 0 fully saturated rings. The highest BCUT2D eigenvalue weighted by molar-refractivity contribution is 7.99. The molecule has 3 aromatic rings. The van der Waals surface area contributed by atoms with Gasteiger partial charge < -0.3 is 14.5 Å². The molecule has 156 valence electrons. The molecule has 1 heterocycles. The Morgan fingerprint density at radius 2 is 1.77 bits per heavy atom. The first kappa shape index (κ1) is 21.6. The summed E-state index contributed by atoms with van der Waals surface area (Å²) >= 11 is 1.16. The van der Waals surface area contributed by atoms with Gasteiger partial charge in [-0.15, -0.1) is 10.2 Å². The normalized spacial score (nSPS) is 10.6. The molecule has 0 unspecified atom stereocenters. The number of benzene rings is 2. The predicted molar refractivity (Wildman–Crippen MR) is 116 cm³/mol. The first-order valence-electron chi connectivity index (χ1n) is 9.56. The van der Waals surface area contributed by atoms with Crippen molar-refractivity contribution in [3.63, 3.8) is 0 Å². The van der Waals surface area contributed by atoms with Crippen LogP contribution >= 0.6 is 11.8 Å². The second-order valence-corrected chi connectivity index (χ2v) is 7.73. The molecule has 0 atom stereocenters. The van der Waals surface area contributed by atoms with Crippen molar-refractivity contribution in [2.24, 2.45) is 0 Å². The average molecular weight is 426 g/mol. The van der Waals surface area contributed by atoms with Gasteiger partial charge in [-0.25, -0.2) is 4.79 Å². The lowest BCUT2D eigenvalue weighted by molar-refractivity contribution is -0.113. The number of carbonyl (C=O) groups is 2. The van der Waals surface area contributed by atoms with Gasteiger partial charge in [-0.2, -0.15) is 0 Å². The summed E-state index contributed by atoms with van der Waals surface area (Å²) in [7, 11) is 0. The summed E-state index contributed by atoms with van der Waals surface area (Å²) in [5.74, 6) is -0.0432. The number of rotatable bonds is 8. The minimum absolute atomic E-state index is 0.120. The largest absolute Gasteiger partial charge is 0.462 e. The average Bonchev–Trinajstić information content (AvgIpc) is 3.19. The highest BCUT2D eigenvalue weighted by Gasteiger charge is 2.13. The van der Waals surface area contributed by atoms with Gasteiger partial charge in [-0.3, -0.25) is 4.79 Å². The van der Waals surface area contributed by atoms with Crippen LogP contribution in [0.1, 0.15) is 34.8 Å². The summed E-state index contributed by atoms with van der Waals surface area (Å²) in [6.07, 6.45) is 0.768. The molecule has 0 bridgehead atoms. The zero-order valence-corrected chi connectivity index (χ0v) is 17.9. The first-order valence-corrected chi connectivity index (χ1v) is 10.5. The molecule has 1 N–H and O–H groups in total. The lowest BCUT2D eigenvalue weighted by Gasteiger charge is -2.06. The van der Waals surface area contributed by atoms with Gasteiger partial charge in [0.15, 0.2) is 0 Å². The third-order valence-electron chi connectivity index (χ3n) is 4.04. The summed E-state index contributed by atoms with van der Waals surface area (Å²) in [6, 6.07) is 12.6. The van der Waals surface area contributed by atoms with E-state index in [1.165, 1.54) is 0 Å². The lowest BCUT2D eigenvalue weighted by atomic mass is 10.1. The maximum absolute atomic E-state index is 12.2. The molecule has 0 saturated heterocycles. The number of ether oxygens (including phenoxy) is 1. The quantitative estimate of drug-likeness (QED) is 0.415. The van der Waals surface area contributed by atoms with Crippen LogP contribution < -0.4 is 5.32 Å². The van der Waals surface area contributed by atoms with Gasteiger partial charge in [0, 0.05) is 11.3 Å². The van der Waals surface area contributed by atoms with Crippen LogP contribution in [0.2, 0.25) is 0 Å². The molecule has 30 heavy (non-hydrogen) atoms. The number of anilines is 1. The van der Waals surface area contributed by atoms with Crippen molar-refractivity contribution in [2.45, 2.75) is 32.4 Å². The van der Waals surface area contributed by atoms with Gasteiger partial charge in [0.25, 0.3) is 5.22 Å². The first-order chi connectivity index (χ1) is 14.4. The summed E-state index contributed by atoms with van der Waals surface area (Å²) < 4.78 is 10.7. The van der Waals surface area contributed by atoms with Crippen molar-refractivity contribution < 1.29 is 18.7 Å². The van der Waals surface area contributed by atoms with E-state index >= 15 is 0 Å². The van der Waals surface area contributed by atoms with E-state index in [0.29, 0.717) is 29.0 Å². The fourth-order valence-electron chi connectivity index (χ4n) is 2.78. The molecule has 0 saturated carbocycles. The molecule has 7 nitrogen and oxygen atoms in total. The fraction of sp³-hybridized carbons (Fsp3) is 0.273. The van der Waals surface area contributed by atoms with Gasteiger partial charge in [0.1, 0.15) is 0 Å². The minimum Gasteiger partial charge on any atom is -0.462 e. The number of nitrogens with zero attached hydrogens (tertiary/aromatic N) is 2. The Bertz CT molecular complexity index is 1010. The van der Waals surface area contributed by atoms with Crippen LogP contribution in [0.3, 0.4) is 0 Å². The van der Waals surface area contributed by atoms with Gasteiger partial charge in [-0.05, 0) is 56.7 Å². The van der Waals surface area contributed by atoms with Crippen molar-refractivity contribution >= 4 is 29.3 Å². The van der Waals surface area contributed by atoms with E-state index in [1.54, 1.807) is 24.3 Å². The topological polar surface area (TPSA) is 94.3 Å². The number of aryl methyl sites for hydroxylation is 2. The summed E-state index contributed by atoms with van der Waals surface area (Å²) in [4.78, 5) is 24.0. The van der Waals surface area contributed by atoms with E-state index in [4.69, 9.17) is 9.15 Å². The number of esters is 1. The van der Waals surface area contributed by atoms with Crippen LogP contribution in [0.5, 0.6) is 0 Å². The molecule has 0 spiro atoms. The number of amides is 1. The smallest absolute Gasteiger partial charge is 0.338 e. The Morgan fingerprint density at radius 3 is 2.43 bits per heavy atom. The fourth-order valence-corrected chi connectivity index (χ4v) is 3.34. The van der Waals surface area contributed by atoms with Gasteiger partial charge in [0.05, 0.1) is 17.9 Å².